The van der Waals surface area contributed by atoms with E-state index in [0.717, 1.165) is 15.8 Å². The fraction of sp³-hybridized carbons (Fsp3) is 0.538. The highest BCUT2D eigenvalue weighted by atomic mass is 79.9. The molecule has 3 heteroatoms. The third-order valence-corrected chi connectivity index (χ3v) is 4.24. The van der Waals surface area contributed by atoms with E-state index >= 15 is 0 Å². The lowest BCUT2D eigenvalue weighted by atomic mass is 9.87. The number of halogens is 1. The van der Waals surface area contributed by atoms with Crippen LogP contribution in [0.5, 0.6) is 0 Å². The molecule has 1 aliphatic carbocycles. The third-order valence-electron chi connectivity index (χ3n) is 3.58. The summed E-state index contributed by atoms with van der Waals surface area (Å²) in [7, 11) is 0. The number of hydrogen-bond acceptors (Lipinski definition) is 2. The van der Waals surface area contributed by atoms with Crippen molar-refractivity contribution in [3.8, 4) is 0 Å². The average Bonchev–Trinajstić information content (AvgIpc) is 2.50. The molecule has 0 aromatic heterocycles. The number of nitrogens with two attached hydrogens (primary N) is 1. The maximum absolute atomic E-state index is 5.73. The van der Waals surface area contributed by atoms with E-state index in [1.807, 2.05) is 18.2 Å². The molecule has 1 saturated carbocycles. The van der Waals surface area contributed by atoms with E-state index in [-0.39, 0.29) is 0 Å². The van der Waals surface area contributed by atoms with E-state index in [1.54, 1.807) is 0 Å². The van der Waals surface area contributed by atoms with Gasteiger partial charge in [-0.2, -0.15) is 0 Å². The second kappa shape index (κ2) is 4.28. The zero-order valence-electron chi connectivity index (χ0n) is 9.89. The van der Waals surface area contributed by atoms with Gasteiger partial charge in [0.05, 0.1) is 0 Å². The minimum atomic E-state index is 0.390. The van der Waals surface area contributed by atoms with Gasteiger partial charge >= 0.3 is 0 Å². The standard InChI is InChI=1S/C13H19BrN2/c1-13(2)7-3-4-12(13)16-11-6-5-9(15)8-10(11)14/h5-6,8,12,16H,3-4,7,15H2,1-2H3. The van der Waals surface area contributed by atoms with Gasteiger partial charge in [-0.3, -0.25) is 0 Å². The Hall–Kier alpha value is -0.700. The predicted octanol–water partition coefficient (Wildman–Crippen LogP) is 4.02. The molecule has 1 atom stereocenters. The van der Waals surface area contributed by atoms with Crippen molar-refractivity contribution in [1.29, 1.82) is 0 Å². The molecule has 0 bridgehead atoms. The molecule has 2 rings (SSSR count). The van der Waals surface area contributed by atoms with Crippen LogP contribution in [-0.4, -0.2) is 6.04 Å². The Morgan fingerprint density at radius 2 is 2.19 bits per heavy atom. The number of benzene rings is 1. The molecular formula is C13H19BrN2. The quantitative estimate of drug-likeness (QED) is 0.804. The highest BCUT2D eigenvalue weighted by Crippen LogP contribution is 2.40. The lowest BCUT2D eigenvalue weighted by Gasteiger charge is -2.29. The first-order valence-corrected chi connectivity index (χ1v) is 6.60. The normalized spacial score (nSPS) is 23.3. The Balaban J connectivity index is 2.15. The molecule has 1 aliphatic rings. The molecule has 0 saturated heterocycles. The molecule has 1 aromatic rings. The summed E-state index contributed by atoms with van der Waals surface area (Å²) in [5.74, 6) is 0. The van der Waals surface area contributed by atoms with Crippen LogP contribution in [-0.2, 0) is 0 Å². The van der Waals surface area contributed by atoms with Crippen LogP contribution in [0.1, 0.15) is 33.1 Å². The van der Waals surface area contributed by atoms with Crippen molar-refractivity contribution in [3.63, 3.8) is 0 Å². The molecule has 1 fully saturated rings. The maximum Gasteiger partial charge on any atom is 0.0488 e. The summed E-state index contributed by atoms with van der Waals surface area (Å²) < 4.78 is 1.05. The number of anilines is 2. The van der Waals surface area contributed by atoms with Crippen LogP contribution in [0.25, 0.3) is 0 Å². The van der Waals surface area contributed by atoms with Gasteiger partial charge in [0.1, 0.15) is 0 Å². The van der Waals surface area contributed by atoms with Crippen LogP contribution in [0.4, 0.5) is 11.4 Å². The van der Waals surface area contributed by atoms with E-state index in [0.29, 0.717) is 11.5 Å². The Kier molecular flexibility index (Phi) is 3.15. The second-order valence-electron chi connectivity index (χ2n) is 5.32. The molecule has 2 nitrogen and oxygen atoms in total. The van der Waals surface area contributed by atoms with Crippen molar-refractivity contribution in [3.05, 3.63) is 22.7 Å². The Morgan fingerprint density at radius 3 is 2.75 bits per heavy atom. The summed E-state index contributed by atoms with van der Waals surface area (Å²) in [5, 5.41) is 3.62. The number of nitrogens with one attached hydrogen (secondary N) is 1. The van der Waals surface area contributed by atoms with Crippen LogP contribution in [0.15, 0.2) is 22.7 Å². The molecule has 1 aromatic carbocycles. The van der Waals surface area contributed by atoms with Gasteiger partial charge in [-0.25, -0.2) is 0 Å². The van der Waals surface area contributed by atoms with Crippen LogP contribution < -0.4 is 11.1 Å². The topological polar surface area (TPSA) is 38.0 Å². The summed E-state index contributed by atoms with van der Waals surface area (Å²) in [4.78, 5) is 0. The zero-order valence-corrected chi connectivity index (χ0v) is 11.5. The molecular weight excluding hydrogens is 264 g/mol. The molecule has 0 spiro atoms. The maximum atomic E-state index is 5.73. The average molecular weight is 283 g/mol. The third kappa shape index (κ3) is 2.34. The predicted molar refractivity (Wildman–Crippen MR) is 73.6 cm³/mol. The van der Waals surface area contributed by atoms with Crippen molar-refractivity contribution in [2.45, 2.75) is 39.2 Å². The van der Waals surface area contributed by atoms with Crippen molar-refractivity contribution >= 4 is 27.3 Å². The number of rotatable bonds is 2. The van der Waals surface area contributed by atoms with Gasteiger partial charge in [0.2, 0.25) is 0 Å². The minimum absolute atomic E-state index is 0.390. The van der Waals surface area contributed by atoms with Gasteiger partial charge in [-0.1, -0.05) is 20.3 Å². The molecule has 1 unspecified atom stereocenters. The molecule has 0 heterocycles. The van der Waals surface area contributed by atoms with Gasteiger partial charge in [0.15, 0.2) is 0 Å². The molecule has 0 aliphatic heterocycles. The lowest BCUT2D eigenvalue weighted by molar-refractivity contribution is 0.350. The highest BCUT2D eigenvalue weighted by Gasteiger charge is 2.34. The number of nitrogen functional groups attached to an aromatic ring is 1. The molecule has 16 heavy (non-hydrogen) atoms. The fourth-order valence-electron chi connectivity index (χ4n) is 2.43. The van der Waals surface area contributed by atoms with Crippen molar-refractivity contribution < 1.29 is 0 Å². The SMILES string of the molecule is CC1(C)CCCC1Nc1ccc(N)cc1Br. The summed E-state index contributed by atoms with van der Waals surface area (Å²) in [5.41, 5.74) is 8.06. The molecule has 88 valence electrons. The van der Waals surface area contributed by atoms with E-state index in [2.05, 4.69) is 35.1 Å². The van der Waals surface area contributed by atoms with Crippen LogP contribution in [0.2, 0.25) is 0 Å². The Morgan fingerprint density at radius 1 is 1.44 bits per heavy atom. The van der Waals surface area contributed by atoms with E-state index in [4.69, 9.17) is 5.73 Å². The van der Waals surface area contributed by atoms with Crippen molar-refractivity contribution in [2.24, 2.45) is 5.41 Å². The van der Waals surface area contributed by atoms with Gasteiger partial charge < -0.3 is 11.1 Å². The van der Waals surface area contributed by atoms with E-state index in [1.165, 1.54) is 19.3 Å². The zero-order chi connectivity index (χ0) is 11.8. The smallest absolute Gasteiger partial charge is 0.0488 e. The van der Waals surface area contributed by atoms with Crippen LogP contribution in [0, 0.1) is 5.41 Å². The van der Waals surface area contributed by atoms with Crippen molar-refractivity contribution in [2.75, 3.05) is 11.1 Å². The molecule has 3 N–H and O–H groups in total. The minimum Gasteiger partial charge on any atom is -0.399 e. The monoisotopic (exact) mass is 282 g/mol. The second-order valence-corrected chi connectivity index (χ2v) is 6.17. The Labute approximate surface area is 106 Å². The van der Waals surface area contributed by atoms with Crippen LogP contribution in [0.3, 0.4) is 0 Å². The van der Waals surface area contributed by atoms with Gasteiger partial charge in [-0.15, -0.1) is 0 Å². The van der Waals surface area contributed by atoms with E-state index < -0.39 is 0 Å². The summed E-state index contributed by atoms with van der Waals surface area (Å²) in [6.45, 7) is 4.67. The summed E-state index contributed by atoms with van der Waals surface area (Å²) in [6.07, 6.45) is 3.87. The first-order valence-electron chi connectivity index (χ1n) is 5.80. The first kappa shape index (κ1) is 11.8. The Bertz CT molecular complexity index is 388. The van der Waals surface area contributed by atoms with Crippen LogP contribution >= 0.6 is 15.9 Å². The summed E-state index contributed by atoms with van der Waals surface area (Å²) >= 11 is 3.55. The van der Waals surface area contributed by atoms with E-state index in [9.17, 15) is 0 Å². The van der Waals surface area contributed by atoms with Crippen molar-refractivity contribution in [1.82, 2.24) is 0 Å². The first-order chi connectivity index (χ1) is 7.49. The fourth-order valence-corrected chi connectivity index (χ4v) is 2.94. The van der Waals surface area contributed by atoms with Gasteiger partial charge in [0.25, 0.3) is 0 Å². The highest BCUT2D eigenvalue weighted by molar-refractivity contribution is 9.10. The van der Waals surface area contributed by atoms with Gasteiger partial charge in [0, 0.05) is 21.9 Å². The lowest BCUT2D eigenvalue weighted by Crippen LogP contribution is -2.30. The summed E-state index contributed by atoms with van der Waals surface area (Å²) in [6, 6.07) is 6.50. The van der Waals surface area contributed by atoms with Gasteiger partial charge in [-0.05, 0) is 52.4 Å². The largest absolute Gasteiger partial charge is 0.399 e. The molecule has 0 radical (unpaired) electrons. The number of hydrogen-bond donors (Lipinski definition) is 2. The molecule has 0 amide bonds.